The fraction of sp³-hybridized carbons (Fsp3) is 0.222. The highest BCUT2D eigenvalue weighted by molar-refractivity contribution is 7.14. The van der Waals surface area contributed by atoms with E-state index in [1.54, 1.807) is 16.3 Å². The van der Waals surface area contributed by atoms with Crippen LogP contribution in [0.5, 0.6) is 0 Å². The van der Waals surface area contributed by atoms with Gasteiger partial charge in [-0.1, -0.05) is 24.6 Å². The molecule has 0 atom stereocenters. The minimum absolute atomic E-state index is 0.0535. The summed E-state index contributed by atoms with van der Waals surface area (Å²) in [6, 6.07) is 7.96. The van der Waals surface area contributed by atoms with Crippen molar-refractivity contribution < 1.29 is 9.59 Å². The van der Waals surface area contributed by atoms with Gasteiger partial charge in [-0.05, 0) is 25.5 Å². The smallest absolute Gasteiger partial charge is 0.260 e. The van der Waals surface area contributed by atoms with Crippen LogP contribution in [0.4, 0.5) is 5.13 Å². The quantitative estimate of drug-likeness (QED) is 0.697. The molecule has 3 N–H and O–H groups in total. The predicted molar refractivity (Wildman–Crippen MR) is 101 cm³/mol. The number of nitrogens with one attached hydrogen (secondary N) is 1. The largest absolute Gasteiger partial charge is 0.369 e. The van der Waals surface area contributed by atoms with Gasteiger partial charge in [0.2, 0.25) is 5.91 Å². The number of primary amides is 1. The molecule has 2 heterocycles. The Kier molecular flexibility index (Phi) is 5.13. The van der Waals surface area contributed by atoms with E-state index in [4.69, 9.17) is 5.73 Å². The molecule has 0 aliphatic rings. The molecule has 2 amide bonds. The van der Waals surface area contributed by atoms with Crippen LogP contribution in [0, 0.1) is 6.92 Å². The van der Waals surface area contributed by atoms with E-state index in [9.17, 15) is 9.59 Å². The van der Waals surface area contributed by atoms with Crippen LogP contribution in [0.25, 0.3) is 5.69 Å². The molecule has 26 heavy (non-hydrogen) atoms. The van der Waals surface area contributed by atoms with Crippen molar-refractivity contribution in [3.05, 3.63) is 58.4 Å². The van der Waals surface area contributed by atoms with Crippen LogP contribution in [0.15, 0.2) is 35.8 Å². The lowest BCUT2D eigenvalue weighted by atomic mass is 10.2. The standard InChI is InChI=1S/C18H19N5O2S/c1-3-15-14(9-20-23(15)13-6-4-11(2)5-7-13)17(25)22-18-21-12(10-26-18)8-16(19)24/h4-7,9-10H,3,8H2,1-2H3,(H2,19,24)(H,21,22,25). The van der Waals surface area contributed by atoms with Crippen LogP contribution in [-0.2, 0) is 17.6 Å². The van der Waals surface area contributed by atoms with Gasteiger partial charge in [-0.25, -0.2) is 9.67 Å². The Morgan fingerprint density at radius 2 is 2.00 bits per heavy atom. The second kappa shape index (κ2) is 7.49. The molecule has 0 unspecified atom stereocenters. The summed E-state index contributed by atoms with van der Waals surface area (Å²) in [5.41, 5.74) is 9.09. The van der Waals surface area contributed by atoms with Gasteiger partial charge in [0.25, 0.3) is 5.91 Å². The van der Waals surface area contributed by atoms with Gasteiger partial charge in [0.1, 0.15) is 0 Å². The van der Waals surface area contributed by atoms with E-state index in [-0.39, 0.29) is 12.3 Å². The maximum atomic E-state index is 12.6. The summed E-state index contributed by atoms with van der Waals surface area (Å²) in [5.74, 6) is -0.735. The molecule has 134 valence electrons. The van der Waals surface area contributed by atoms with Crippen LogP contribution < -0.4 is 11.1 Å². The highest BCUT2D eigenvalue weighted by Crippen LogP contribution is 2.20. The minimum Gasteiger partial charge on any atom is -0.369 e. The van der Waals surface area contributed by atoms with E-state index in [0.717, 1.165) is 16.9 Å². The number of anilines is 1. The number of aromatic nitrogens is 3. The average molecular weight is 369 g/mol. The van der Waals surface area contributed by atoms with Crippen LogP contribution in [-0.4, -0.2) is 26.6 Å². The Hall–Kier alpha value is -3.00. The molecule has 0 saturated carbocycles. The molecule has 0 aliphatic carbocycles. The third-order valence-electron chi connectivity index (χ3n) is 3.85. The second-order valence-corrected chi connectivity index (χ2v) is 6.71. The first-order valence-electron chi connectivity index (χ1n) is 8.16. The Bertz CT molecular complexity index is 943. The SMILES string of the molecule is CCc1c(C(=O)Nc2nc(CC(N)=O)cs2)cnn1-c1ccc(C)cc1. The first-order valence-corrected chi connectivity index (χ1v) is 9.04. The van der Waals surface area contributed by atoms with Gasteiger partial charge >= 0.3 is 0 Å². The Labute approximate surface area is 154 Å². The number of hydrogen-bond donors (Lipinski definition) is 2. The zero-order valence-electron chi connectivity index (χ0n) is 14.5. The average Bonchev–Trinajstić information content (AvgIpc) is 3.21. The molecule has 3 aromatic rings. The Morgan fingerprint density at radius 1 is 1.27 bits per heavy atom. The lowest BCUT2D eigenvalue weighted by molar-refractivity contribution is -0.117. The third-order valence-corrected chi connectivity index (χ3v) is 4.66. The lowest BCUT2D eigenvalue weighted by Crippen LogP contribution is -2.15. The van der Waals surface area contributed by atoms with Crippen molar-refractivity contribution in [2.45, 2.75) is 26.7 Å². The van der Waals surface area contributed by atoms with Crippen molar-refractivity contribution in [2.75, 3.05) is 5.32 Å². The number of nitrogens with zero attached hydrogens (tertiary/aromatic N) is 3. The zero-order chi connectivity index (χ0) is 18.7. The maximum absolute atomic E-state index is 12.6. The lowest BCUT2D eigenvalue weighted by Gasteiger charge is -2.08. The minimum atomic E-state index is -0.458. The summed E-state index contributed by atoms with van der Waals surface area (Å²) < 4.78 is 1.77. The molecule has 0 saturated heterocycles. The van der Waals surface area contributed by atoms with Crippen molar-refractivity contribution in [2.24, 2.45) is 5.73 Å². The summed E-state index contributed by atoms with van der Waals surface area (Å²) in [6.07, 6.45) is 2.27. The third kappa shape index (κ3) is 3.80. The number of nitrogens with two attached hydrogens (primary N) is 1. The topological polar surface area (TPSA) is 103 Å². The summed E-state index contributed by atoms with van der Waals surface area (Å²) in [6.45, 7) is 4.00. The van der Waals surface area contributed by atoms with E-state index in [1.165, 1.54) is 11.3 Å². The first-order chi connectivity index (χ1) is 12.5. The van der Waals surface area contributed by atoms with E-state index in [1.807, 2.05) is 38.1 Å². The second-order valence-electron chi connectivity index (χ2n) is 5.85. The van der Waals surface area contributed by atoms with Crippen molar-refractivity contribution in [1.82, 2.24) is 14.8 Å². The van der Waals surface area contributed by atoms with Gasteiger partial charge in [0.05, 0.1) is 35.3 Å². The van der Waals surface area contributed by atoms with E-state index in [2.05, 4.69) is 15.4 Å². The molecule has 1 aromatic carbocycles. The number of hydrogen-bond acceptors (Lipinski definition) is 5. The summed E-state index contributed by atoms with van der Waals surface area (Å²) in [4.78, 5) is 27.8. The van der Waals surface area contributed by atoms with Crippen molar-refractivity contribution >= 4 is 28.3 Å². The molecule has 0 aliphatic heterocycles. The summed E-state index contributed by atoms with van der Waals surface area (Å²) >= 11 is 1.25. The number of aryl methyl sites for hydroxylation is 1. The molecule has 0 radical (unpaired) electrons. The molecule has 0 fully saturated rings. The molecular formula is C18H19N5O2S. The molecule has 2 aromatic heterocycles. The van der Waals surface area contributed by atoms with Crippen LogP contribution in [0.2, 0.25) is 0 Å². The van der Waals surface area contributed by atoms with Gasteiger partial charge in [0.15, 0.2) is 5.13 Å². The molecule has 0 spiro atoms. The van der Waals surface area contributed by atoms with Gasteiger partial charge in [0, 0.05) is 5.38 Å². The summed E-state index contributed by atoms with van der Waals surface area (Å²) in [5, 5.41) is 9.27. The normalized spacial score (nSPS) is 10.7. The Balaban J connectivity index is 1.82. The molecule has 7 nitrogen and oxygen atoms in total. The Morgan fingerprint density at radius 3 is 2.65 bits per heavy atom. The van der Waals surface area contributed by atoms with Gasteiger partial charge in [-0.2, -0.15) is 5.10 Å². The van der Waals surface area contributed by atoms with Gasteiger partial charge in [-0.15, -0.1) is 11.3 Å². The van der Waals surface area contributed by atoms with Gasteiger partial charge in [-0.3, -0.25) is 14.9 Å². The number of amides is 2. The van der Waals surface area contributed by atoms with Crippen LogP contribution >= 0.6 is 11.3 Å². The highest BCUT2D eigenvalue weighted by Gasteiger charge is 2.18. The number of thiazole rings is 1. The van der Waals surface area contributed by atoms with Crippen molar-refractivity contribution in [3.63, 3.8) is 0 Å². The highest BCUT2D eigenvalue weighted by atomic mass is 32.1. The van der Waals surface area contributed by atoms with Crippen LogP contribution in [0.3, 0.4) is 0 Å². The van der Waals surface area contributed by atoms with Gasteiger partial charge < -0.3 is 5.73 Å². The van der Waals surface area contributed by atoms with Crippen molar-refractivity contribution in [3.8, 4) is 5.69 Å². The molecule has 3 rings (SSSR count). The summed E-state index contributed by atoms with van der Waals surface area (Å²) in [7, 11) is 0. The monoisotopic (exact) mass is 369 g/mol. The molecule has 0 bridgehead atoms. The van der Waals surface area contributed by atoms with E-state index in [0.29, 0.717) is 22.8 Å². The fourth-order valence-corrected chi connectivity index (χ4v) is 3.31. The number of benzene rings is 1. The zero-order valence-corrected chi connectivity index (χ0v) is 15.3. The number of rotatable bonds is 6. The van der Waals surface area contributed by atoms with E-state index < -0.39 is 5.91 Å². The molecular weight excluding hydrogens is 350 g/mol. The van der Waals surface area contributed by atoms with Crippen LogP contribution in [0.1, 0.15) is 34.2 Å². The predicted octanol–water partition coefficient (Wildman–Crippen LogP) is 2.48. The van der Waals surface area contributed by atoms with Crippen molar-refractivity contribution in [1.29, 1.82) is 0 Å². The molecule has 8 heteroatoms. The number of carbonyl (C=O) groups is 2. The van der Waals surface area contributed by atoms with E-state index >= 15 is 0 Å². The fourth-order valence-electron chi connectivity index (χ4n) is 2.60. The number of carbonyl (C=O) groups excluding carboxylic acids is 2. The first kappa shape index (κ1) is 17.8. The maximum Gasteiger partial charge on any atom is 0.260 e.